The number of benzene rings is 2. The number of hydrogen-bond donors (Lipinski definition) is 0. The third-order valence-electron chi connectivity index (χ3n) is 2.18. The molecule has 18 heavy (non-hydrogen) atoms. The van der Waals surface area contributed by atoms with Crippen LogP contribution in [0.2, 0.25) is 0 Å². The molecule has 0 amide bonds. The Morgan fingerprint density at radius 2 is 1.78 bits per heavy atom. The third kappa shape index (κ3) is 2.66. The lowest BCUT2D eigenvalue weighted by Gasteiger charge is -2.08. The molecule has 5 heteroatoms. The molecule has 0 unspecified atom stereocenters. The van der Waals surface area contributed by atoms with Gasteiger partial charge in [-0.1, -0.05) is 15.9 Å². The molecule has 0 N–H and O–H groups in total. The summed E-state index contributed by atoms with van der Waals surface area (Å²) in [5.41, 5.74) is 0.258. The van der Waals surface area contributed by atoms with E-state index in [1.165, 1.54) is 12.1 Å². The van der Waals surface area contributed by atoms with E-state index in [-0.39, 0.29) is 17.1 Å². The average Bonchev–Trinajstić information content (AvgIpc) is 2.34. The molecule has 0 aliphatic carbocycles. The minimum atomic E-state index is -0.818. The SMILES string of the molecule is N#Cc1cc(Br)ccc1Oc1ccc(F)cc1F. The first-order valence-corrected chi connectivity index (χ1v) is 5.72. The zero-order valence-electron chi connectivity index (χ0n) is 8.95. The highest BCUT2D eigenvalue weighted by atomic mass is 79.9. The van der Waals surface area contributed by atoms with Crippen molar-refractivity contribution in [2.75, 3.05) is 0 Å². The van der Waals surface area contributed by atoms with Crippen LogP contribution in [0.15, 0.2) is 40.9 Å². The van der Waals surface area contributed by atoms with Crippen molar-refractivity contribution < 1.29 is 13.5 Å². The molecule has 90 valence electrons. The quantitative estimate of drug-likeness (QED) is 0.824. The van der Waals surface area contributed by atoms with Crippen molar-refractivity contribution in [3.05, 3.63) is 58.1 Å². The van der Waals surface area contributed by atoms with Crippen LogP contribution in [-0.2, 0) is 0 Å². The van der Waals surface area contributed by atoms with E-state index < -0.39 is 11.6 Å². The Morgan fingerprint density at radius 3 is 2.44 bits per heavy atom. The number of hydrogen-bond acceptors (Lipinski definition) is 2. The summed E-state index contributed by atoms with van der Waals surface area (Å²) in [6, 6.07) is 9.67. The van der Waals surface area contributed by atoms with E-state index in [1.807, 2.05) is 6.07 Å². The molecule has 0 radical (unpaired) electrons. The van der Waals surface area contributed by atoms with Crippen LogP contribution in [-0.4, -0.2) is 0 Å². The van der Waals surface area contributed by atoms with Crippen LogP contribution < -0.4 is 4.74 Å². The molecule has 2 nitrogen and oxygen atoms in total. The predicted molar refractivity (Wildman–Crippen MR) is 65.3 cm³/mol. The molecule has 0 fully saturated rings. The van der Waals surface area contributed by atoms with Gasteiger partial charge in [-0.05, 0) is 30.3 Å². The van der Waals surface area contributed by atoms with Crippen LogP contribution in [0.3, 0.4) is 0 Å². The monoisotopic (exact) mass is 309 g/mol. The van der Waals surface area contributed by atoms with Crippen LogP contribution in [0.4, 0.5) is 8.78 Å². The Hall–Kier alpha value is -1.93. The lowest BCUT2D eigenvalue weighted by atomic mass is 10.2. The standard InChI is InChI=1S/C13H6BrF2NO/c14-9-1-3-12(8(5-9)7-17)18-13-4-2-10(15)6-11(13)16/h1-6H. The van der Waals surface area contributed by atoms with Crippen LogP contribution in [0.25, 0.3) is 0 Å². The van der Waals surface area contributed by atoms with Crippen molar-refractivity contribution in [1.29, 1.82) is 5.26 Å². The van der Waals surface area contributed by atoms with Crippen LogP contribution in [0.1, 0.15) is 5.56 Å². The smallest absolute Gasteiger partial charge is 0.168 e. The van der Waals surface area contributed by atoms with Crippen molar-refractivity contribution in [2.24, 2.45) is 0 Å². The molecular weight excluding hydrogens is 304 g/mol. The van der Waals surface area contributed by atoms with Gasteiger partial charge >= 0.3 is 0 Å². The fourth-order valence-corrected chi connectivity index (χ4v) is 1.72. The highest BCUT2D eigenvalue weighted by Gasteiger charge is 2.09. The van der Waals surface area contributed by atoms with Gasteiger partial charge in [-0.15, -0.1) is 0 Å². The molecule has 0 bridgehead atoms. The molecule has 0 saturated heterocycles. The summed E-state index contributed by atoms with van der Waals surface area (Å²) < 4.78 is 32.1. The van der Waals surface area contributed by atoms with E-state index in [9.17, 15) is 8.78 Å². The number of ether oxygens (including phenoxy) is 1. The van der Waals surface area contributed by atoms with E-state index in [0.717, 1.165) is 12.1 Å². The molecule has 0 heterocycles. The maximum Gasteiger partial charge on any atom is 0.168 e. The summed E-state index contributed by atoms with van der Waals surface area (Å²) in [6.07, 6.45) is 0. The summed E-state index contributed by atoms with van der Waals surface area (Å²) in [4.78, 5) is 0. The van der Waals surface area contributed by atoms with Crippen LogP contribution >= 0.6 is 15.9 Å². The molecule has 0 aliphatic rings. The third-order valence-corrected chi connectivity index (χ3v) is 2.67. The Balaban J connectivity index is 2.37. The number of nitriles is 1. The van der Waals surface area contributed by atoms with Crippen molar-refractivity contribution in [3.63, 3.8) is 0 Å². The Labute approximate surface area is 111 Å². The van der Waals surface area contributed by atoms with E-state index in [1.54, 1.807) is 12.1 Å². The van der Waals surface area contributed by atoms with Gasteiger partial charge in [0, 0.05) is 10.5 Å². The first-order valence-electron chi connectivity index (χ1n) is 4.92. The van der Waals surface area contributed by atoms with Crippen molar-refractivity contribution in [2.45, 2.75) is 0 Å². The van der Waals surface area contributed by atoms with Gasteiger partial charge in [0.25, 0.3) is 0 Å². The molecule has 2 rings (SSSR count). The van der Waals surface area contributed by atoms with Gasteiger partial charge in [-0.3, -0.25) is 0 Å². The number of nitrogens with zero attached hydrogens (tertiary/aromatic N) is 1. The minimum absolute atomic E-state index is 0.129. The van der Waals surface area contributed by atoms with E-state index in [4.69, 9.17) is 10.00 Å². The van der Waals surface area contributed by atoms with E-state index >= 15 is 0 Å². The Kier molecular flexibility index (Phi) is 3.58. The molecule has 0 aromatic heterocycles. The summed E-state index contributed by atoms with van der Waals surface area (Å²) in [6.45, 7) is 0. The van der Waals surface area contributed by atoms with Gasteiger partial charge in [0.1, 0.15) is 17.6 Å². The number of halogens is 3. The zero-order valence-corrected chi connectivity index (χ0v) is 10.5. The Bertz CT molecular complexity index is 637. The zero-order chi connectivity index (χ0) is 13.1. The van der Waals surface area contributed by atoms with Gasteiger partial charge < -0.3 is 4.74 Å². The van der Waals surface area contributed by atoms with Crippen LogP contribution in [0, 0.1) is 23.0 Å². The molecular formula is C13H6BrF2NO. The fourth-order valence-electron chi connectivity index (χ4n) is 1.36. The maximum absolute atomic E-state index is 13.4. The first-order chi connectivity index (χ1) is 8.60. The fraction of sp³-hybridized carbons (Fsp3) is 0. The van der Waals surface area contributed by atoms with Crippen LogP contribution in [0.5, 0.6) is 11.5 Å². The molecule has 0 spiro atoms. The lowest BCUT2D eigenvalue weighted by molar-refractivity contribution is 0.436. The highest BCUT2D eigenvalue weighted by molar-refractivity contribution is 9.10. The molecule has 0 aliphatic heterocycles. The second-order valence-corrected chi connectivity index (χ2v) is 4.34. The average molecular weight is 310 g/mol. The molecule has 0 saturated carbocycles. The van der Waals surface area contributed by atoms with E-state index in [0.29, 0.717) is 4.47 Å². The minimum Gasteiger partial charge on any atom is -0.453 e. The van der Waals surface area contributed by atoms with Gasteiger partial charge in [0.2, 0.25) is 0 Å². The van der Waals surface area contributed by atoms with Crippen molar-refractivity contribution in [1.82, 2.24) is 0 Å². The molecule has 2 aromatic carbocycles. The second-order valence-electron chi connectivity index (χ2n) is 3.43. The summed E-state index contributed by atoms with van der Waals surface area (Å²) in [5, 5.41) is 8.93. The topological polar surface area (TPSA) is 33.0 Å². The van der Waals surface area contributed by atoms with Crippen molar-refractivity contribution >= 4 is 15.9 Å². The molecule has 0 atom stereocenters. The highest BCUT2D eigenvalue weighted by Crippen LogP contribution is 2.29. The number of rotatable bonds is 2. The second kappa shape index (κ2) is 5.15. The molecule has 2 aromatic rings. The van der Waals surface area contributed by atoms with Gasteiger partial charge in [0.05, 0.1) is 5.56 Å². The van der Waals surface area contributed by atoms with Gasteiger partial charge in [-0.2, -0.15) is 5.26 Å². The predicted octanol–water partition coefficient (Wildman–Crippen LogP) is 4.39. The van der Waals surface area contributed by atoms with E-state index in [2.05, 4.69) is 15.9 Å². The normalized spacial score (nSPS) is 9.89. The Morgan fingerprint density at radius 1 is 1.06 bits per heavy atom. The summed E-state index contributed by atoms with van der Waals surface area (Å²) in [5.74, 6) is -1.42. The maximum atomic E-state index is 13.4. The first kappa shape index (κ1) is 12.5. The van der Waals surface area contributed by atoms with Crippen molar-refractivity contribution in [3.8, 4) is 17.6 Å². The summed E-state index contributed by atoms with van der Waals surface area (Å²) >= 11 is 3.22. The van der Waals surface area contributed by atoms with Gasteiger partial charge in [0.15, 0.2) is 11.6 Å². The summed E-state index contributed by atoms with van der Waals surface area (Å²) in [7, 11) is 0. The van der Waals surface area contributed by atoms with Gasteiger partial charge in [-0.25, -0.2) is 8.78 Å². The lowest BCUT2D eigenvalue weighted by Crippen LogP contribution is -1.92. The largest absolute Gasteiger partial charge is 0.453 e.